The molecule has 2 aromatic heterocycles. The summed E-state index contributed by atoms with van der Waals surface area (Å²) in [6.45, 7) is 2.28. The first-order valence-corrected chi connectivity index (χ1v) is 15.8. The molecule has 9 rings (SSSR count). The van der Waals surface area contributed by atoms with Crippen LogP contribution in [0.15, 0.2) is 138 Å². The minimum atomic E-state index is 0.436. The molecule has 0 saturated carbocycles. The van der Waals surface area contributed by atoms with Gasteiger partial charge in [-0.25, -0.2) is 15.0 Å². The molecule has 1 atom stereocenters. The zero-order valence-electron chi connectivity index (χ0n) is 25.3. The Hall–Kier alpha value is -5.87. The summed E-state index contributed by atoms with van der Waals surface area (Å²) < 4.78 is 6.24. The number of fused-ring (bicyclic) bond motifs is 5. The summed E-state index contributed by atoms with van der Waals surface area (Å²) in [6.07, 6.45) is 5.50. The third-order valence-corrected chi connectivity index (χ3v) is 9.15. The smallest absolute Gasteiger partial charge is 0.164 e. The van der Waals surface area contributed by atoms with Gasteiger partial charge in [0.1, 0.15) is 11.2 Å². The highest BCUT2D eigenvalue weighted by Crippen LogP contribution is 2.38. The Balaban J connectivity index is 1.26. The maximum Gasteiger partial charge on any atom is 0.164 e. The van der Waals surface area contributed by atoms with Crippen molar-refractivity contribution in [2.24, 2.45) is 0 Å². The van der Waals surface area contributed by atoms with Crippen LogP contribution >= 0.6 is 0 Å². The van der Waals surface area contributed by atoms with Gasteiger partial charge in [-0.3, -0.25) is 0 Å². The summed E-state index contributed by atoms with van der Waals surface area (Å²) in [5, 5.41) is 4.37. The van der Waals surface area contributed by atoms with Crippen molar-refractivity contribution < 1.29 is 4.42 Å². The van der Waals surface area contributed by atoms with Crippen molar-refractivity contribution in [1.82, 2.24) is 15.0 Å². The summed E-state index contributed by atoms with van der Waals surface area (Å²) in [7, 11) is 0. The molecule has 1 aliphatic carbocycles. The number of allylic oxidation sites excluding steroid dienone is 1. The average Bonchev–Trinajstić information content (AvgIpc) is 3.50. The number of hydrogen-bond donors (Lipinski definition) is 0. The molecule has 46 heavy (non-hydrogen) atoms. The van der Waals surface area contributed by atoms with Crippen molar-refractivity contribution in [3.63, 3.8) is 0 Å². The molecule has 0 aliphatic heterocycles. The molecule has 0 radical (unpaired) electrons. The fourth-order valence-electron chi connectivity index (χ4n) is 6.73. The molecule has 0 fully saturated rings. The maximum absolute atomic E-state index is 6.24. The van der Waals surface area contributed by atoms with E-state index in [1.54, 1.807) is 0 Å². The van der Waals surface area contributed by atoms with Crippen molar-refractivity contribution in [3.8, 4) is 45.3 Å². The molecule has 4 heteroatoms. The molecule has 1 aliphatic rings. The van der Waals surface area contributed by atoms with Crippen LogP contribution < -0.4 is 0 Å². The van der Waals surface area contributed by atoms with E-state index in [1.165, 1.54) is 27.6 Å². The molecular formula is C42H29N3O. The fourth-order valence-corrected chi connectivity index (χ4v) is 6.73. The van der Waals surface area contributed by atoms with E-state index in [1.807, 2.05) is 36.4 Å². The molecule has 218 valence electrons. The molecule has 0 saturated heterocycles. The van der Waals surface area contributed by atoms with Crippen LogP contribution in [0.1, 0.15) is 30.4 Å². The molecular weight excluding hydrogens is 562 g/mol. The summed E-state index contributed by atoms with van der Waals surface area (Å²) in [4.78, 5) is 15.4. The summed E-state index contributed by atoms with van der Waals surface area (Å²) in [5.41, 5.74) is 9.48. The lowest BCUT2D eigenvalue weighted by Crippen LogP contribution is -2.03. The van der Waals surface area contributed by atoms with Gasteiger partial charge in [0, 0.05) is 27.5 Å². The van der Waals surface area contributed by atoms with Crippen LogP contribution in [0.25, 0.3) is 84.1 Å². The zero-order valence-corrected chi connectivity index (χ0v) is 25.3. The SMILES string of the molecule is CC1CC=Cc2ccc(-c3nc(-c4ccc5ccc(-c6ccccc6)cc5c4)nc(-c4cccc5oc6ccccc6c45)n3)cc21. The van der Waals surface area contributed by atoms with Gasteiger partial charge < -0.3 is 4.42 Å². The van der Waals surface area contributed by atoms with Crippen molar-refractivity contribution in [2.45, 2.75) is 19.3 Å². The molecule has 0 bridgehead atoms. The van der Waals surface area contributed by atoms with Crippen LogP contribution in [0.4, 0.5) is 0 Å². The van der Waals surface area contributed by atoms with Gasteiger partial charge >= 0.3 is 0 Å². The number of aromatic nitrogens is 3. The van der Waals surface area contributed by atoms with Gasteiger partial charge in [0.25, 0.3) is 0 Å². The second-order valence-corrected chi connectivity index (χ2v) is 12.1. The number of furan rings is 1. The lowest BCUT2D eigenvalue weighted by atomic mass is 9.87. The highest BCUT2D eigenvalue weighted by atomic mass is 16.3. The minimum absolute atomic E-state index is 0.436. The Morgan fingerprint density at radius 2 is 1.26 bits per heavy atom. The van der Waals surface area contributed by atoms with Crippen molar-refractivity contribution in [1.29, 1.82) is 0 Å². The molecule has 4 nitrogen and oxygen atoms in total. The first-order chi connectivity index (χ1) is 22.7. The van der Waals surface area contributed by atoms with E-state index in [9.17, 15) is 0 Å². The van der Waals surface area contributed by atoms with Crippen LogP contribution in [0.3, 0.4) is 0 Å². The summed E-state index contributed by atoms with van der Waals surface area (Å²) in [5.74, 6) is 2.36. The second kappa shape index (κ2) is 10.6. The molecule has 1 unspecified atom stereocenters. The number of hydrogen-bond acceptors (Lipinski definition) is 4. The van der Waals surface area contributed by atoms with Gasteiger partial charge in [-0.15, -0.1) is 0 Å². The van der Waals surface area contributed by atoms with Crippen LogP contribution in [0, 0.1) is 0 Å². The van der Waals surface area contributed by atoms with Crippen LogP contribution in [0.2, 0.25) is 0 Å². The molecule has 2 heterocycles. The Morgan fingerprint density at radius 1 is 0.565 bits per heavy atom. The van der Waals surface area contributed by atoms with Gasteiger partial charge in [0.2, 0.25) is 0 Å². The Bertz CT molecular complexity index is 2470. The monoisotopic (exact) mass is 591 g/mol. The third kappa shape index (κ3) is 4.50. The van der Waals surface area contributed by atoms with Crippen LogP contribution in [-0.4, -0.2) is 15.0 Å². The van der Waals surface area contributed by atoms with E-state index < -0.39 is 0 Å². The molecule has 0 amide bonds. The zero-order chi connectivity index (χ0) is 30.6. The predicted molar refractivity (Wildman–Crippen MR) is 188 cm³/mol. The minimum Gasteiger partial charge on any atom is -0.456 e. The number of benzene rings is 6. The Labute approximate surface area is 266 Å². The lowest BCUT2D eigenvalue weighted by Gasteiger charge is -2.18. The van der Waals surface area contributed by atoms with Gasteiger partial charge in [-0.05, 0) is 75.7 Å². The Kier molecular flexibility index (Phi) is 6.13. The maximum atomic E-state index is 6.24. The van der Waals surface area contributed by atoms with E-state index in [4.69, 9.17) is 19.4 Å². The van der Waals surface area contributed by atoms with Gasteiger partial charge in [0.15, 0.2) is 17.5 Å². The third-order valence-electron chi connectivity index (χ3n) is 9.15. The van der Waals surface area contributed by atoms with E-state index >= 15 is 0 Å². The summed E-state index contributed by atoms with van der Waals surface area (Å²) in [6, 6.07) is 44.4. The van der Waals surface area contributed by atoms with Crippen LogP contribution in [-0.2, 0) is 0 Å². The Morgan fingerprint density at radius 3 is 2.13 bits per heavy atom. The van der Waals surface area contributed by atoms with E-state index in [0.29, 0.717) is 23.4 Å². The van der Waals surface area contributed by atoms with Crippen molar-refractivity contribution in [3.05, 3.63) is 145 Å². The quantitative estimate of drug-likeness (QED) is 0.204. The second-order valence-electron chi connectivity index (χ2n) is 12.1. The van der Waals surface area contributed by atoms with Crippen molar-refractivity contribution >= 4 is 38.8 Å². The number of nitrogens with zero attached hydrogens (tertiary/aromatic N) is 3. The van der Waals surface area contributed by atoms with E-state index in [0.717, 1.165) is 50.4 Å². The standard InChI is InChI=1S/C42H29N3O/c1-26-9-7-12-29-19-22-32(25-36(26)29)41-43-40(31-21-18-28-17-20-30(23-33(28)24-31)27-10-3-2-4-11-27)44-42(45-41)35-14-8-16-38-39(35)34-13-5-6-15-37(34)46-38/h2-8,10-26H,9H2,1H3. The molecule has 0 spiro atoms. The lowest BCUT2D eigenvalue weighted by molar-refractivity contribution is 0.669. The fraction of sp³-hybridized carbons (Fsp3) is 0.0714. The molecule has 8 aromatic rings. The molecule has 6 aromatic carbocycles. The average molecular weight is 592 g/mol. The number of rotatable bonds is 4. The van der Waals surface area contributed by atoms with E-state index in [-0.39, 0.29) is 0 Å². The number of para-hydroxylation sites is 1. The topological polar surface area (TPSA) is 51.8 Å². The highest BCUT2D eigenvalue weighted by molar-refractivity contribution is 6.11. The van der Waals surface area contributed by atoms with Gasteiger partial charge in [-0.2, -0.15) is 0 Å². The van der Waals surface area contributed by atoms with Gasteiger partial charge in [-0.1, -0.05) is 116 Å². The molecule has 0 N–H and O–H groups in total. The first-order valence-electron chi connectivity index (χ1n) is 15.8. The summed E-state index contributed by atoms with van der Waals surface area (Å²) >= 11 is 0. The van der Waals surface area contributed by atoms with Crippen LogP contribution in [0.5, 0.6) is 0 Å². The predicted octanol–water partition coefficient (Wildman–Crippen LogP) is 11.1. The van der Waals surface area contributed by atoms with E-state index in [2.05, 4.69) is 110 Å². The highest BCUT2D eigenvalue weighted by Gasteiger charge is 2.19. The van der Waals surface area contributed by atoms with Gasteiger partial charge in [0.05, 0.1) is 0 Å². The van der Waals surface area contributed by atoms with Crippen molar-refractivity contribution in [2.75, 3.05) is 0 Å². The first kappa shape index (κ1) is 26.5. The normalized spacial score (nSPS) is 14.2. The largest absolute Gasteiger partial charge is 0.456 e.